The van der Waals surface area contributed by atoms with Crippen molar-refractivity contribution < 1.29 is 23.9 Å². The highest BCUT2D eigenvalue weighted by molar-refractivity contribution is 9.10. The predicted molar refractivity (Wildman–Crippen MR) is 140 cm³/mol. The maximum Gasteiger partial charge on any atom is 0.262 e. The van der Waals surface area contributed by atoms with Crippen LogP contribution in [0.3, 0.4) is 0 Å². The summed E-state index contributed by atoms with van der Waals surface area (Å²) in [5, 5.41) is 2.92. The molecule has 186 valence electrons. The molecule has 3 aliphatic rings. The lowest BCUT2D eigenvalue weighted by Gasteiger charge is -2.36. The van der Waals surface area contributed by atoms with Crippen molar-refractivity contribution in [3.05, 3.63) is 80.2 Å². The largest absolute Gasteiger partial charge is 0.483 e. The van der Waals surface area contributed by atoms with E-state index in [0.717, 1.165) is 34.1 Å². The van der Waals surface area contributed by atoms with Gasteiger partial charge in [-0.3, -0.25) is 14.4 Å². The van der Waals surface area contributed by atoms with E-state index in [1.807, 2.05) is 44.2 Å². The SMILES string of the molecule is Cc1cccc(NC(=O)COc2ccc(Br)cc2C2C3=C(CCCC3=O)OC3=C2C(=O)CCC3)c1C. The number of benzene rings is 2. The summed E-state index contributed by atoms with van der Waals surface area (Å²) < 4.78 is 13.0. The number of anilines is 1. The predicted octanol–water partition coefficient (Wildman–Crippen LogP) is 6.21. The van der Waals surface area contributed by atoms with Crippen LogP contribution in [-0.2, 0) is 19.1 Å². The Morgan fingerprint density at radius 1 is 1.00 bits per heavy atom. The van der Waals surface area contributed by atoms with Crippen molar-refractivity contribution in [2.24, 2.45) is 0 Å². The molecule has 0 unspecified atom stereocenters. The summed E-state index contributed by atoms with van der Waals surface area (Å²) in [7, 11) is 0. The number of Topliss-reactive ketones (excluding diaryl/α,β-unsaturated/α-hetero) is 2. The summed E-state index contributed by atoms with van der Waals surface area (Å²) in [5.74, 6) is 0.976. The quantitative estimate of drug-likeness (QED) is 0.479. The molecule has 1 amide bonds. The molecule has 5 rings (SSSR count). The Bertz CT molecular complexity index is 1300. The van der Waals surface area contributed by atoms with Crippen LogP contribution >= 0.6 is 15.9 Å². The number of halogens is 1. The van der Waals surface area contributed by atoms with Crippen molar-refractivity contribution in [1.29, 1.82) is 0 Å². The van der Waals surface area contributed by atoms with Crippen molar-refractivity contribution in [1.82, 2.24) is 0 Å². The number of ether oxygens (including phenoxy) is 2. The Labute approximate surface area is 218 Å². The smallest absolute Gasteiger partial charge is 0.262 e. The molecule has 0 fully saturated rings. The number of amides is 1. The van der Waals surface area contributed by atoms with Gasteiger partial charge in [-0.15, -0.1) is 0 Å². The minimum atomic E-state index is -0.557. The second-order valence-electron chi connectivity index (χ2n) is 9.53. The van der Waals surface area contributed by atoms with E-state index in [4.69, 9.17) is 9.47 Å². The van der Waals surface area contributed by atoms with Crippen LogP contribution in [0.1, 0.15) is 61.1 Å². The van der Waals surface area contributed by atoms with Crippen LogP contribution in [0.2, 0.25) is 0 Å². The number of carbonyl (C=O) groups is 3. The molecule has 0 aromatic heterocycles. The zero-order chi connectivity index (χ0) is 25.4. The minimum absolute atomic E-state index is 0.00441. The van der Waals surface area contributed by atoms with Gasteiger partial charge in [0.25, 0.3) is 5.91 Å². The fraction of sp³-hybridized carbons (Fsp3) is 0.345. The lowest BCUT2D eigenvalue weighted by Crippen LogP contribution is -2.30. The van der Waals surface area contributed by atoms with E-state index in [1.54, 1.807) is 6.07 Å². The Balaban J connectivity index is 1.48. The van der Waals surface area contributed by atoms with E-state index in [9.17, 15) is 14.4 Å². The van der Waals surface area contributed by atoms with Crippen LogP contribution in [0, 0.1) is 13.8 Å². The Morgan fingerprint density at radius 3 is 2.33 bits per heavy atom. The van der Waals surface area contributed by atoms with Crippen molar-refractivity contribution in [2.75, 3.05) is 11.9 Å². The van der Waals surface area contributed by atoms with Gasteiger partial charge in [-0.25, -0.2) is 0 Å². The molecule has 0 spiro atoms. The van der Waals surface area contributed by atoms with Crippen molar-refractivity contribution in [3.8, 4) is 5.75 Å². The maximum atomic E-state index is 13.1. The topological polar surface area (TPSA) is 81.7 Å². The molecule has 1 N–H and O–H groups in total. The molecule has 2 aromatic carbocycles. The normalized spacial score (nSPS) is 18.0. The summed E-state index contributed by atoms with van der Waals surface area (Å²) in [4.78, 5) is 39.0. The van der Waals surface area contributed by atoms with Crippen LogP contribution in [0.15, 0.2) is 63.5 Å². The zero-order valence-corrected chi connectivity index (χ0v) is 22.0. The lowest BCUT2D eigenvalue weighted by molar-refractivity contribution is -0.119. The van der Waals surface area contributed by atoms with Gasteiger partial charge in [-0.05, 0) is 62.1 Å². The van der Waals surface area contributed by atoms with E-state index in [1.165, 1.54) is 0 Å². The van der Waals surface area contributed by atoms with Gasteiger partial charge < -0.3 is 14.8 Å². The number of hydrogen-bond donors (Lipinski definition) is 1. The maximum absolute atomic E-state index is 13.1. The third-order valence-corrected chi connectivity index (χ3v) is 7.65. The van der Waals surface area contributed by atoms with Gasteiger partial charge in [0.1, 0.15) is 17.3 Å². The molecule has 0 bridgehead atoms. The van der Waals surface area contributed by atoms with E-state index in [-0.39, 0.29) is 24.1 Å². The van der Waals surface area contributed by atoms with Gasteiger partial charge in [0, 0.05) is 52.6 Å². The summed E-state index contributed by atoms with van der Waals surface area (Å²) in [6, 6.07) is 11.2. The third kappa shape index (κ3) is 4.64. The van der Waals surface area contributed by atoms with Crippen LogP contribution in [-0.4, -0.2) is 24.1 Å². The molecule has 0 saturated carbocycles. The Kier molecular flexibility index (Phi) is 6.84. The molecule has 6 nitrogen and oxygen atoms in total. The average molecular weight is 550 g/mol. The highest BCUT2D eigenvalue weighted by atomic mass is 79.9. The number of nitrogens with one attached hydrogen (secondary N) is 1. The summed E-state index contributed by atoms with van der Waals surface area (Å²) in [6.45, 7) is 3.75. The van der Waals surface area contributed by atoms with E-state index in [2.05, 4.69) is 21.2 Å². The third-order valence-electron chi connectivity index (χ3n) is 7.16. The molecule has 36 heavy (non-hydrogen) atoms. The zero-order valence-electron chi connectivity index (χ0n) is 20.4. The van der Waals surface area contributed by atoms with Gasteiger partial charge in [0.2, 0.25) is 0 Å². The summed E-state index contributed by atoms with van der Waals surface area (Å²) >= 11 is 3.54. The van der Waals surface area contributed by atoms with Crippen molar-refractivity contribution >= 4 is 39.1 Å². The van der Waals surface area contributed by atoms with Crippen molar-refractivity contribution in [2.45, 2.75) is 58.3 Å². The Morgan fingerprint density at radius 2 is 1.67 bits per heavy atom. The Hall–Kier alpha value is -3.19. The number of rotatable bonds is 5. The number of aryl methyl sites for hydroxylation is 1. The highest BCUT2D eigenvalue weighted by Gasteiger charge is 2.42. The minimum Gasteiger partial charge on any atom is -0.483 e. The van der Waals surface area contributed by atoms with E-state index < -0.39 is 5.92 Å². The molecule has 7 heteroatoms. The highest BCUT2D eigenvalue weighted by Crippen LogP contribution is 2.50. The molecular weight excluding hydrogens is 522 g/mol. The molecular formula is C29H28BrNO5. The van der Waals surface area contributed by atoms with Crippen LogP contribution in [0.25, 0.3) is 0 Å². The van der Waals surface area contributed by atoms with E-state index in [0.29, 0.717) is 59.7 Å². The van der Waals surface area contributed by atoms with Crippen LogP contribution in [0.4, 0.5) is 5.69 Å². The van der Waals surface area contributed by atoms with Gasteiger partial charge in [0.15, 0.2) is 18.2 Å². The molecule has 0 atom stereocenters. The lowest BCUT2D eigenvalue weighted by atomic mass is 9.73. The molecule has 1 heterocycles. The number of ketones is 2. The van der Waals surface area contributed by atoms with Crippen molar-refractivity contribution in [3.63, 3.8) is 0 Å². The fourth-order valence-corrected chi connectivity index (χ4v) is 5.60. The monoisotopic (exact) mass is 549 g/mol. The van der Waals surface area contributed by atoms with Gasteiger partial charge in [-0.1, -0.05) is 28.1 Å². The number of allylic oxidation sites excluding steroid dienone is 4. The molecule has 0 saturated heterocycles. The standard InChI is InChI=1S/C29H28BrNO5/c1-16-6-3-7-20(17(16)2)31-26(34)15-35-23-13-12-18(30)14-19(23)27-28-21(32)8-4-10-24(28)36-25-11-5-9-22(33)29(25)27/h3,6-7,12-14,27H,4-5,8-11,15H2,1-2H3,(H,31,34). The van der Waals surface area contributed by atoms with Gasteiger partial charge in [0.05, 0.1) is 5.92 Å². The first-order valence-electron chi connectivity index (χ1n) is 12.3. The first-order valence-corrected chi connectivity index (χ1v) is 13.1. The second-order valence-corrected chi connectivity index (χ2v) is 10.4. The van der Waals surface area contributed by atoms with Gasteiger partial charge >= 0.3 is 0 Å². The van der Waals surface area contributed by atoms with E-state index >= 15 is 0 Å². The average Bonchev–Trinajstić information content (AvgIpc) is 2.85. The van der Waals surface area contributed by atoms with Crippen LogP contribution < -0.4 is 10.1 Å². The molecule has 0 radical (unpaired) electrons. The first-order chi connectivity index (χ1) is 17.3. The first kappa shape index (κ1) is 24.5. The molecule has 1 aliphatic heterocycles. The van der Waals surface area contributed by atoms with Gasteiger partial charge in [-0.2, -0.15) is 0 Å². The summed E-state index contributed by atoms with van der Waals surface area (Å²) in [5.41, 5.74) is 4.64. The van der Waals surface area contributed by atoms with Crippen LogP contribution in [0.5, 0.6) is 5.75 Å². The second kappa shape index (κ2) is 10.1. The molecule has 2 aliphatic carbocycles. The fourth-order valence-electron chi connectivity index (χ4n) is 5.22. The summed E-state index contributed by atoms with van der Waals surface area (Å²) in [6.07, 6.45) is 3.68. The molecule has 2 aromatic rings. The number of carbonyl (C=O) groups excluding carboxylic acids is 3. The number of hydrogen-bond acceptors (Lipinski definition) is 5.